The molecule has 204 valence electrons. The molecule has 11 nitrogen and oxygen atoms in total. The lowest BCUT2D eigenvalue weighted by Crippen LogP contribution is -2.24. The van der Waals surface area contributed by atoms with Gasteiger partial charge in [-0.3, -0.25) is 9.59 Å². The number of halogens is 2. The topological polar surface area (TPSA) is 143 Å². The van der Waals surface area contributed by atoms with Crippen LogP contribution >= 0.6 is 23.2 Å². The van der Waals surface area contributed by atoms with Crippen LogP contribution in [0.25, 0.3) is 17.1 Å². The molecule has 2 amide bonds. The van der Waals surface area contributed by atoms with Crippen LogP contribution in [0.15, 0.2) is 67.0 Å². The van der Waals surface area contributed by atoms with Crippen molar-refractivity contribution in [3.8, 4) is 23.1 Å². The fourth-order valence-corrected chi connectivity index (χ4v) is 4.47. The number of aromatic nitrogens is 6. The Hall–Kier alpha value is -5.05. The molecule has 13 heteroatoms. The molecular weight excluding hydrogens is 565 g/mol. The maximum Gasteiger partial charge on any atom is 0.274 e. The van der Waals surface area contributed by atoms with E-state index >= 15 is 0 Å². The molecule has 41 heavy (non-hydrogen) atoms. The van der Waals surface area contributed by atoms with Crippen LogP contribution in [0.1, 0.15) is 37.7 Å². The van der Waals surface area contributed by atoms with Gasteiger partial charge in [0.25, 0.3) is 11.8 Å². The lowest BCUT2D eigenvalue weighted by Gasteiger charge is -2.14. The number of pyridine rings is 1. The maximum absolute atomic E-state index is 13.7. The minimum Gasteiger partial charge on any atom is -0.355 e. The summed E-state index contributed by atoms with van der Waals surface area (Å²) >= 11 is 12.4. The van der Waals surface area contributed by atoms with Crippen molar-refractivity contribution in [1.82, 2.24) is 35.1 Å². The molecule has 0 spiro atoms. The number of benzene rings is 2. The Morgan fingerprint density at radius 2 is 1.83 bits per heavy atom. The molecule has 0 atom stereocenters. The molecule has 5 aromatic rings. The third-order valence-corrected chi connectivity index (χ3v) is 6.63. The molecule has 5 rings (SSSR count). The molecule has 0 fully saturated rings. The number of carbonyl (C=O) groups is 2. The van der Waals surface area contributed by atoms with E-state index in [0.717, 1.165) is 5.56 Å². The van der Waals surface area contributed by atoms with E-state index in [1.807, 2.05) is 18.2 Å². The van der Waals surface area contributed by atoms with Gasteiger partial charge < -0.3 is 10.6 Å². The second-order valence-corrected chi connectivity index (χ2v) is 9.71. The zero-order chi connectivity index (χ0) is 29.1. The highest BCUT2D eigenvalue weighted by molar-refractivity contribution is 6.32. The minimum absolute atomic E-state index is 0.109. The standard InChI is InChI=1S/C28H21Cl2N9O2/c1-16-10-17(13-31)11-21(27(40)32-2)25(16)35-28(41)24-12-20(36-39(24)26-22(30)4-3-9-33-26)15-38-34-14-23(37-38)18-5-7-19(29)8-6-18/h3-12,14H,15H2,1-2H3,(H,32,40)(H,35,41). The van der Waals surface area contributed by atoms with Gasteiger partial charge >= 0.3 is 0 Å². The number of hydrogen-bond acceptors (Lipinski definition) is 7. The Labute approximate surface area is 244 Å². The number of carbonyl (C=O) groups excluding carboxylic acids is 2. The summed E-state index contributed by atoms with van der Waals surface area (Å²) in [7, 11) is 1.47. The summed E-state index contributed by atoms with van der Waals surface area (Å²) in [6.07, 6.45) is 3.16. The fraction of sp³-hybridized carbons (Fsp3) is 0.107. The molecule has 0 saturated heterocycles. The summed E-state index contributed by atoms with van der Waals surface area (Å²) < 4.78 is 1.33. The molecular formula is C28H21Cl2N9O2. The Bertz CT molecular complexity index is 1820. The summed E-state index contributed by atoms with van der Waals surface area (Å²) in [6, 6.07) is 17.1. The van der Waals surface area contributed by atoms with Gasteiger partial charge in [-0.1, -0.05) is 35.3 Å². The number of rotatable bonds is 7. The normalized spacial score (nSPS) is 10.7. The second kappa shape index (κ2) is 11.6. The SMILES string of the molecule is CNC(=O)c1cc(C#N)cc(C)c1NC(=O)c1cc(Cn2ncc(-c3ccc(Cl)cc3)n2)nn1-c1ncccc1Cl. The molecule has 0 aliphatic rings. The number of hydrogen-bond donors (Lipinski definition) is 2. The maximum atomic E-state index is 13.7. The zero-order valence-corrected chi connectivity index (χ0v) is 23.3. The van der Waals surface area contributed by atoms with Crippen LogP contribution in [0.2, 0.25) is 10.0 Å². The van der Waals surface area contributed by atoms with E-state index in [9.17, 15) is 14.9 Å². The van der Waals surface area contributed by atoms with Crippen molar-refractivity contribution in [3.63, 3.8) is 0 Å². The number of aryl methyl sites for hydroxylation is 1. The van der Waals surface area contributed by atoms with E-state index in [4.69, 9.17) is 23.2 Å². The van der Waals surface area contributed by atoms with Crippen LogP contribution in [0.5, 0.6) is 0 Å². The van der Waals surface area contributed by atoms with E-state index in [-0.39, 0.29) is 39.9 Å². The Balaban J connectivity index is 1.51. The molecule has 3 heterocycles. The highest BCUT2D eigenvalue weighted by atomic mass is 35.5. The molecule has 0 aliphatic carbocycles. The van der Waals surface area contributed by atoms with Gasteiger partial charge in [-0.25, -0.2) is 9.67 Å². The molecule has 2 N–H and O–H groups in total. The number of nitriles is 1. The van der Waals surface area contributed by atoms with Gasteiger partial charge in [0.15, 0.2) is 5.82 Å². The highest BCUT2D eigenvalue weighted by Gasteiger charge is 2.23. The first-order valence-electron chi connectivity index (χ1n) is 12.2. The number of nitrogens with one attached hydrogen (secondary N) is 2. The number of nitrogens with zero attached hydrogens (tertiary/aromatic N) is 7. The van der Waals surface area contributed by atoms with Crippen molar-refractivity contribution in [3.05, 3.63) is 105 Å². The first-order chi connectivity index (χ1) is 19.8. The lowest BCUT2D eigenvalue weighted by molar-refractivity contribution is 0.0964. The van der Waals surface area contributed by atoms with Crippen molar-refractivity contribution < 1.29 is 9.59 Å². The number of amides is 2. The summed E-state index contributed by atoms with van der Waals surface area (Å²) in [6.45, 7) is 1.84. The minimum atomic E-state index is -0.571. The molecule has 2 aromatic carbocycles. The van der Waals surface area contributed by atoms with Crippen molar-refractivity contribution >= 4 is 40.7 Å². The summed E-state index contributed by atoms with van der Waals surface area (Å²) in [4.78, 5) is 32.0. The Morgan fingerprint density at radius 3 is 2.54 bits per heavy atom. The van der Waals surface area contributed by atoms with Gasteiger partial charge in [0.05, 0.1) is 39.8 Å². The quantitative estimate of drug-likeness (QED) is 0.282. The van der Waals surface area contributed by atoms with E-state index in [1.165, 1.54) is 28.8 Å². The van der Waals surface area contributed by atoms with E-state index in [0.29, 0.717) is 22.0 Å². The van der Waals surface area contributed by atoms with Gasteiger partial charge in [-0.05, 0) is 55.0 Å². The van der Waals surface area contributed by atoms with Crippen molar-refractivity contribution in [1.29, 1.82) is 5.26 Å². The van der Waals surface area contributed by atoms with Crippen molar-refractivity contribution in [2.45, 2.75) is 13.5 Å². The van der Waals surface area contributed by atoms with Gasteiger partial charge in [0.1, 0.15) is 17.9 Å². The Kier molecular flexibility index (Phi) is 7.78. The van der Waals surface area contributed by atoms with Crippen LogP contribution in [-0.2, 0) is 6.54 Å². The lowest BCUT2D eigenvalue weighted by atomic mass is 10.0. The average molecular weight is 586 g/mol. The summed E-state index contributed by atoms with van der Waals surface area (Å²) in [5.41, 5.74) is 3.28. The van der Waals surface area contributed by atoms with Crippen LogP contribution in [0, 0.1) is 18.3 Å². The van der Waals surface area contributed by atoms with Crippen LogP contribution in [0.4, 0.5) is 5.69 Å². The fourth-order valence-electron chi connectivity index (χ4n) is 4.14. The van der Waals surface area contributed by atoms with Crippen LogP contribution in [-0.4, -0.2) is 48.6 Å². The molecule has 3 aromatic heterocycles. The van der Waals surface area contributed by atoms with Crippen LogP contribution < -0.4 is 10.6 Å². The third-order valence-electron chi connectivity index (χ3n) is 6.09. The van der Waals surface area contributed by atoms with E-state index < -0.39 is 11.8 Å². The van der Waals surface area contributed by atoms with E-state index in [2.05, 4.69) is 30.9 Å². The van der Waals surface area contributed by atoms with Crippen molar-refractivity contribution in [2.75, 3.05) is 12.4 Å². The Morgan fingerprint density at radius 1 is 1.05 bits per heavy atom. The third kappa shape index (κ3) is 5.79. The summed E-state index contributed by atoms with van der Waals surface area (Å²) in [5.74, 6) is -0.786. The van der Waals surface area contributed by atoms with Gasteiger partial charge in [0.2, 0.25) is 0 Å². The first kappa shape index (κ1) is 27.5. The van der Waals surface area contributed by atoms with Crippen LogP contribution in [0.3, 0.4) is 0 Å². The highest BCUT2D eigenvalue weighted by Crippen LogP contribution is 2.26. The molecule has 0 bridgehead atoms. The smallest absolute Gasteiger partial charge is 0.274 e. The average Bonchev–Trinajstić information content (AvgIpc) is 3.61. The van der Waals surface area contributed by atoms with Gasteiger partial charge in [-0.2, -0.15) is 25.4 Å². The first-order valence-corrected chi connectivity index (χ1v) is 13.0. The number of anilines is 1. The largest absolute Gasteiger partial charge is 0.355 e. The van der Waals surface area contributed by atoms with E-state index in [1.54, 1.807) is 49.5 Å². The molecule has 0 unspecified atom stereocenters. The predicted molar refractivity (Wildman–Crippen MR) is 153 cm³/mol. The monoisotopic (exact) mass is 585 g/mol. The second-order valence-electron chi connectivity index (χ2n) is 8.87. The predicted octanol–water partition coefficient (Wildman–Crippen LogP) is 4.67. The molecule has 0 saturated carbocycles. The van der Waals surface area contributed by atoms with Gasteiger partial charge in [0, 0.05) is 23.8 Å². The zero-order valence-electron chi connectivity index (χ0n) is 21.8. The molecule has 0 radical (unpaired) electrons. The summed E-state index contributed by atoms with van der Waals surface area (Å²) in [5, 5.41) is 29.0. The van der Waals surface area contributed by atoms with Crippen molar-refractivity contribution in [2.24, 2.45) is 0 Å². The van der Waals surface area contributed by atoms with Gasteiger partial charge in [-0.15, -0.1) is 0 Å². The molecule has 0 aliphatic heterocycles.